The second kappa shape index (κ2) is 5.86. The van der Waals surface area contributed by atoms with Gasteiger partial charge in [-0.05, 0) is 31.0 Å². The maximum Gasteiger partial charge on any atom is 1.00 e. The molecule has 1 aromatic heterocycles. The van der Waals surface area contributed by atoms with Crippen LogP contribution in [-0.4, -0.2) is 5.97 Å². The summed E-state index contributed by atoms with van der Waals surface area (Å²) in [5.41, 5.74) is 3.03. The van der Waals surface area contributed by atoms with Crippen LogP contribution in [0.4, 0.5) is 0 Å². The first-order valence-corrected chi connectivity index (χ1v) is 5.24. The SMILES string of the molecule is Cc1cc2occ(CC(=O)[O-])c2c(C)c1Cl.[K+]. The van der Waals surface area contributed by atoms with Crippen molar-refractivity contribution in [1.29, 1.82) is 0 Å². The molecule has 84 valence electrons. The maximum absolute atomic E-state index is 10.6. The van der Waals surface area contributed by atoms with Crippen molar-refractivity contribution < 1.29 is 65.7 Å². The van der Waals surface area contributed by atoms with E-state index in [9.17, 15) is 9.90 Å². The molecule has 3 nitrogen and oxygen atoms in total. The third kappa shape index (κ3) is 2.95. The van der Waals surface area contributed by atoms with Crippen LogP contribution in [0.3, 0.4) is 0 Å². The summed E-state index contributed by atoms with van der Waals surface area (Å²) in [6, 6.07) is 1.81. The van der Waals surface area contributed by atoms with Crippen LogP contribution in [0, 0.1) is 13.8 Å². The first kappa shape index (κ1) is 15.2. The number of carbonyl (C=O) groups excluding carboxylic acids is 1. The molecule has 5 heteroatoms. The molecule has 1 aromatic carbocycles. The van der Waals surface area contributed by atoms with E-state index >= 15 is 0 Å². The standard InChI is InChI=1S/C12H11ClO3.K/c1-6-3-9-11(7(2)12(6)13)8(5-16-9)4-10(14)15;/h3,5H,4H2,1-2H3,(H,14,15);/q;+1/p-1. The van der Waals surface area contributed by atoms with Crippen LogP contribution in [0.1, 0.15) is 16.7 Å². The van der Waals surface area contributed by atoms with E-state index in [2.05, 4.69) is 0 Å². The number of hydrogen-bond acceptors (Lipinski definition) is 3. The third-order valence-electron chi connectivity index (χ3n) is 2.63. The Morgan fingerprint density at radius 1 is 1.47 bits per heavy atom. The molecule has 0 saturated heterocycles. The molecule has 17 heavy (non-hydrogen) atoms. The van der Waals surface area contributed by atoms with Crippen molar-refractivity contribution in [2.75, 3.05) is 0 Å². The van der Waals surface area contributed by atoms with Gasteiger partial charge in [-0.2, -0.15) is 0 Å². The van der Waals surface area contributed by atoms with Crippen molar-refractivity contribution in [2.24, 2.45) is 0 Å². The summed E-state index contributed by atoms with van der Waals surface area (Å²) >= 11 is 6.12. The Kier molecular flexibility index (Phi) is 5.25. The first-order chi connectivity index (χ1) is 7.50. The van der Waals surface area contributed by atoms with Crippen molar-refractivity contribution in [3.8, 4) is 0 Å². The van der Waals surface area contributed by atoms with Gasteiger partial charge in [-0.3, -0.25) is 0 Å². The van der Waals surface area contributed by atoms with Crippen molar-refractivity contribution in [1.82, 2.24) is 0 Å². The van der Waals surface area contributed by atoms with Crippen LogP contribution in [0.15, 0.2) is 16.7 Å². The maximum atomic E-state index is 10.6. The normalized spacial score (nSPS) is 10.3. The van der Waals surface area contributed by atoms with Gasteiger partial charge in [0.2, 0.25) is 0 Å². The fourth-order valence-electron chi connectivity index (χ4n) is 1.89. The largest absolute Gasteiger partial charge is 1.00 e. The molecule has 1 heterocycles. The predicted octanol–water partition coefficient (Wildman–Crippen LogP) is -1.00. The number of carbonyl (C=O) groups is 1. The van der Waals surface area contributed by atoms with Crippen LogP contribution in [0.2, 0.25) is 5.02 Å². The number of halogens is 1. The summed E-state index contributed by atoms with van der Waals surface area (Å²) < 4.78 is 5.32. The number of carboxylic acid groups (broad SMARTS) is 1. The van der Waals surface area contributed by atoms with Crippen LogP contribution < -0.4 is 56.5 Å². The van der Waals surface area contributed by atoms with E-state index < -0.39 is 5.97 Å². The summed E-state index contributed by atoms with van der Waals surface area (Å²) in [4.78, 5) is 10.6. The van der Waals surface area contributed by atoms with Gasteiger partial charge in [-0.25, -0.2) is 0 Å². The van der Waals surface area contributed by atoms with E-state index in [4.69, 9.17) is 16.0 Å². The second-order valence-electron chi connectivity index (χ2n) is 3.82. The van der Waals surface area contributed by atoms with Crippen LogP contribution in [0.25, 0.3) is 11.0 Å². The summed E-state index contributed by atoms with van der Waals surface area (Å²) in [6.07, 6.45) is 1.29. The zero-order valence-corrected chi connectivity index (χ0v) is 13.8. The third-order valence-corrected chi connectivity index (χ3v) is 3.21. The Labute approximate surface area is 147 Å². The molecule has 0 aliphatic heterocycles. The second-order valence-corrected chi connectivity index (χ2v) is 4.19. The minimum Gasteiger partial charge on any atom is -0.550 e. The molecule has 0 fully saturated rings. The zero-order valence-electron chi connectivity index (χ0n) is 9.96. The van der Waals surface area contributed by atoms with Crippen molar-refractivity contribution in [3.05, 3.63) is 34.0 Å². The van der Waals surface area contributed by atoms with E-state index in [-0.39, 0.29) is 57.8 Å². The molecule has 0 radical (unpaired) electrons. The first-order valence-electron chi connectivity index (χ1n) is 4.86. The fraction of sp³-hybridized carbons (Fsp3) is 0.250. The van der Waals surface area contributed by atoms with Crippen LogP contribution in [-0.2, 0) is 11.2 Å². The molecule has 0 aliphatic carbocycles. The van der Waals surface area contributed by atoms with Gasteiger partial charge in [0.05, 0.1) is 6.26 Å². The number of furan rings is 1. The van der Waals surface area contributed by atoms with Gasteiger partial charge in [-0.15, -0.1) is 0 Å². The summed E-state index contributed by atoms with van der Waals surface area (Å²) in [5, 5.41) is 12.0. The van der Waals surface area contributed by atoms with E-state index in [0.717, 1.165) is 16.5 Å². The Bertz CT molecular complexity index is 575. The molecule has 0 spiro atoms. The summed E-state index contributed by atoms with van der Waals surface area (Å²) in [7, 11) is 0. The van der Waals surface area contributed by atoms with Crippen LogP contribution >= 0.6 is 11.6 Å². The number of hydrogen-bond donors (Lipinski definition) is 0. The van der Waals surface area contributed by atoms with Gasteiger partial charge >= 0.3 is 51.4 Å². The van der Waals surface area contributed by atoms with Gasteiger partial charge < -0.3 is 14.3 Å². The molecule has 0 N–H and O–H groups in total. The van der Waals surface area contributed by atoms with E-state index in [1.54, 1.807) is 0 Å². The topological polar surface area (TPSA) is 53.3 Å². The van der Waals surface area contributed by atoms with E-state index in [1.165, 1.54) is 6.26 Å². The molecule has 0 aliphatic rings. The number of aryl methyl sites for hydroxylation is 2. The van der Waals surface area contributed by atoms with E-state index in [0.29, 0.717) is 16.2 Å². The number of rotatable bonds is 2. The Hall–Kier alpha value is 0.156. The van der Waals surface area contributed by atoms with Crippen molar-refractivity contribution >= 4 is 28.5 Å². The smallest absolute Gasteiger partial charge is 0.550 e. The van der Waals surface area contributed by atoms with E-state index in [1.807, 2.05) is 19.9 Å². The molecule has 0 unspecified atom stereocenters. The molecular weight excluding hydrogens is 267 g/mol. The Morgan fingerprint density at radius 2 is 2.12 bits per heavy atom. The monoisotopic (exact) mass is 276 g/mol. The van der Waals surface area contributed by atoms with Gasteiger partial charge in [0.15, 0.2) is 0 Å². The molecule has 0 saturated carbocycles. The summed E-state index contributed by atoms with van der Waals surface area (Å²) in [6.45, 7) is 3.74. The van der Waals surface area contributed by atoms with Gasteiger partial charge in [0.25, 0.3) is 0 Å². The van der Waals surface area contributed by atoms with Crippen molar-refractivity contribution in [2.45, 2.75) is 20.3 Å². The van der Waals surface area contributed by atoms with Crippen LogP contribution in [0.5, 0.6) is 0 Å². The molecule has 2 aromatic rings. The molecule has 0 amide bonds. The van der Waals surface area contributed by atoms with Gasteiger partial charge in [0.1, 0.15) is 5.58 Å². The number of aliphatic carboxylic acids is 1. The average Bonchev–Trinajstić information content (AvgIpc) is 2.57. The Balaban J connectivity index is 0.00000144. The number of fused-ring (bicyclic) bond motifs is 1. The predicted molar refractivity (Wildman–Crippen MR) is 59.4 cm³/mol. The molecule has 2 rings (SSSR count). The summed E-state index contributed by atoms with van der Waals surface area (Å²) in [5.74, 6) is -1.13. The Morgan fingerprint density at radius 3 is 2.71 bits per heavy atom. The number of benzene rings is 1. The minimum absolute atomic E-state index is 0. The minimum atomic E-state index is -1.13. The average molecular weight is 277 g/mol. The molecule has 0 bridgehead atoms. The van der Waals surface area contributed by atoms with Gasteiger partial charge in [-0.1, -0.05) is 11.6 Å². The molecular formula is C12H10ClKO3. The van der Waals surface area contributed by atoms with Crippen molar-refractivity contribution in [3.63, 3.8) is 0 Å². The quantitative estimate of drug-likeness (QED) is 0.661. The fourth-order valence-corrected chi connectivity index (χ4v) is 2.04. The number of carboxylic acids is 1. The van der Waals surface area contributed by atoms with Gasteiger partial charge in [0, 0.05) is 28.4 Å². The molecule has 0 atom stereocenters. The zero-order chi connectivity index (χ0) is 11.9.